The topological polar surface area (TPSA) is 58.6 Å². The summed E-state index contributed by atoms with van der Waals surface area (Å²) in [5.74, 6) is -0.593. The molecule has 0 heterocycles. The molecule has 0 unspecified atom stereocenters. The summed E-state index contributed by atoms with van der Waals surface area (Å²) in [4.78, 5) is 11.8. The lowest BCUT2D eigenvalue weighted by molar-refractivity contribution is -0.125. The van der Waals surface area contributed by atoms with Crippen molar-refractivity contribution in [3.63, 3.8) is 0 Å². The Bertz CT molecular complexity index is 661. The summed E-state index contributed by atoms with van der Waals surface area (Å²) in [5, 5.41) is 12.2. The zero-order valence-corrected chi connectivity index (χ0v) is 13.4. The molecule has 2 rings (SSSR count). The fourth-order valence-corrected chi connectivity index (χ4v) is 1.93. The van der Waals surface area contributed by atoms with Crippen LogP contribution in [-0.4, -0.2) is 23.7 Å². The Morgan fingerprint density at radius 3 is 2.64 bits per heavy atom. The van der Waals surface area contributed by atoms with Crippen LogP contribution in [0, 0.1) is 12.7 Å². The first-order valence-electron chi connectivity index (χ1n) is 6.59. The van der Waals surface area contributed by atoms with E-state index in [1.54, 1.807) is 12.1 Å². The maximum Gasteiger partial charge on any atom is 0.256 e. The number of anilines is 1. The minimum atomic E-state index is -1.35. The number of amides is 1. The van der Waals surface area contributed by atoms with E-state index in [2.05, 4.69) is 21.2 Å². The lowest BCUT2D eigenvalue weighted by Gasteiger charge is -2.13. The van der Waals surface area contributed by atoms with E-state index in [-0.39, 0.29) is 12.3 Å². The molecule has 1 atom stereocenters. The van der Waals surface area contributed by atoms with Gasteiger partial charge in [-0.1, -0.05) is 17.7 Å². The normalized spacial score (nSPS) is 11.8. The van der Waals surface area contributed by atoms with E-state index >= 15 is 0 Å². The fraction of sp³-hybridized carbons (Fsp3) is 0.188. The third-order valence-corrected chi connectivity index (χ3v) is 3.56. The van der Waals surface area contributed by atoms with Gasteiger partial charge in [-0.25, -0.2) is 4.39 Å². The molecule has 4 nitrogen and oxygen atoms in total. The number of rotatable bonds is 5. The smallest absolute Gasteiger partial charge is 0.256 e. The molecule has 0 bridgehead atoms. The highest BCUT2D eigenvalue weighted by Gasteiger charge is 2.16. The van der Waals surface area contributed by atoms with Crippen LogP contribution in [0.25, 0.3) is 0 Å². The number of ether oxygens (including phenoxy) is 1. The molecule has 0 aliphatic carbocycles. The van der Waals surface area contributed by atoms with Crippen molar-refractivity contribution >= 4 is 27.5 Å². The van der Waals surface area contributed by atoms with Crippen molar-refractivity contribution in [1.82, 2.24) is 0 Å². The number of aryl methyl sites for hydroxylation is 1. The minimum absolute atomic E-state index is 0.187. The van der Waals surface area contributed by atoms with E-state index in [4.69, 9.17) is 4.74 Å². The Morgan fingerprint density at radius 2 is 2.00 bits per heavy atom. The highest BCUT2D eigenvalue weighted by atomic mass is 79.9. The first-order valence-corrected chi connectivity index (χ1v) is 7.38. The first kappa shape index (κ1) is 16.5. The summed E-state index contributed by atoms with van der Waals surface area (Å²) in [6.07, 6.45) is -1.35. The summed E-state index contributed by atoms with van der Waals surface area (Å²) < 4.78 is 19.0. The van der Waals surface area contributed by atoms with Crippen molar-refractivity contribution < 1.29 is 19.0 Å². The van der Waals surface area contributed by atoms with E-state index in [1.807, 2.05) is 19.1 Å². The molecule has 6 heteroatoms. The molecule has 1 amide bonds. The van der Waals surface area contributed by atoms with Gasteiger partial charge in [0.2, 0.25) is 0 Å². The average Bonchev–Trinajstić information content (AvgIpc) is 2.50. The number of aliphatic hydroxyl groups is 1. The van der Waals surface area contributed by atoms with Crippen LogP contribution in [-0.2, 0) is 4.79 Å². The van der Waals surface area contributed by atoms with Crippen molar-refractivity contribution in [2.75, 3.05) is 11.9 Å². The van der Waals surface area contributed by atoms with Crippen LogP contribution in [0.4, 0.5) is 10.1 Å². The number of hydrogen-bond donors (Lipinski definition) is 2. The maximum absolute atomic E-state index is 13.3. The fourth-order valence-electron chi connectivity index (χ4n) is 1.68. The predicted molar refractivity (Wildman–Crippen MR) is 85.4 cm³/mol. The Hall–Kier alpha value is -1.92. The van der Waals surface area contributed by atoms with Crippen molar-refractivity contribution in [3.05, 3.63) is 58.3 Å². The van der Waals surface area contributed by atoms with E-state index < -0.39 is 17.8 Å². The molecule has 0 saturated carbocycles. The van der Waals surface area contributed by atoms with Crippen LogP contribution in [0.5, 0.6) is 5.75 Å². The number of aliphatic hydroxyl groups excluding tert-OH is 1. The number of hydrogen-bond acceptors (Lipinski definition) is 3. The summed E-state index contributed by atoms with van der Waals surface area (Å²) in [5.41, 5.74) is 1.35. The third-order valence-electron chi connectivity index (χ3n) is 2.92. The van der Waals surface area contributed by atoms with Gasteiger partial charge in [-0.3, -0.25) is 4.79 Å². The monoisotopic (exact) mass is 367 g/mol. The highest BCUT2D eigenvalue weighted by molar-refractivity contribution is 9.10. The zero-order valence-electron chi connectivity index (χ0n) is 11.8. The van der Waals surface area contributed by atoms with E-state index in [0.29, 0.717) is 10.2 Å². The zero-order chi connectivity index (χ0) is 16.1. The molecular formula is C16H15BrFNO3. The van der Waals surface area contributed by atoms with Gasteiger partial charge in [0.05, 0.1) is 4.47 Å². The Labute approximate surface area is 136 Å². The highest BCUT2D eigenvalue weighted by Crippen LogP contribution is 2.19. The Balaban J connectivity index is 1.88. The molecule has 22 heavy (non-hydrogen) atoms. The van der Waals surface area contributed by atoms with Crippen LogP contribution in [0.15, 0.2) is 46.9 Å². The lowest BCUT2D eigenvalue weighted by atomic mass is 10.2. The molecule has 0 aromatic heterocycles. The summed E-state index contributed by atoms with van der Waals surface area (Å²) in [7, 11) is 0. The van der Waals surface area contributed by atoms with Gasteiger partial charge in [-0.15, -0.1) is 0 Å². The number of carbonyl (C=O) groups excluding carboxylic acids is 1. The average molecular weight is 368 g/mol. The summed E-state index contributed by atoms with van der Waals surface area (Å²) in [6, 6.07) is 11.4. The van der Waals surface area contributed by atoms with Gasteiger partial charge in [0, 0.05) is 5.69 Å². The minimum Gasteiger partial charge on any atom is -0.490 e. The van der Waals surface area contributed by atoms with Crippen molar-refractivity contribution in [3.8, 4) is 5.75 Å². The second-order valence-corrected chi connectivity index (χ2v) is 5.61. The first-order chi connectivity index (χ1) is 10.5. The van der Waals surface area contributed by atoms with Gasteiger partial charge >= 0.3 is 0 Å². The van der Waals surface area contributed by atoms with Crippen LogP contribution >= 0.6 is 15.9 Å². The molecule has 2 N–H and O–H groups in total. The van der Waals surface area contributed by atoms with Gasteiger partial charge in [-0.2, -0.15) is 0 Å². The van der Waals surface area contributed by atoms with Crippen LogP contribution in [0.1, 0.15) is 5.56 Å². The molecule has 0 aliphatic rings. The number of nitrogens with one attached hydrogen (secondary N) is 1. The van der Waals surface area contributed by atoms with Crippen LogP contribution in [0.2, 0.25) is 0 Å². The second kappa shape index (κ2) is 7.38. The molecule has 0 aliphatic heterocycles. The van der Waals surface area contributed by atoms with Crippen LogP contribution in [0.3, 0.4) is 0 Å². The standard InChI is InChI=1S/C16H15BrFNO3/c1-10-2-5-12(6-3-10)22-9-15(20)16(21)19-11-4-7-13(17)14(18)8-11/h2-8,15,20H,9H2,1H3,(H,19,21)/t15-/m0/s1. The number of halogens is 2. The van der Waals surface area contributed by atoms with Crippen molar-refractivity contribution in [2.45, 2.75) is 13.0 Å². The van der Waals surface area contributed by atoms with Gasteiger partial charge < -0.3 is 15.2 Å². The second-order valence-electron chi connectivity index (χ2n) is 4.76. The van der Waals surface area contributed by atoms with Crippen molar-refractivity contribution in [2.24, 2.45) is 0 Å². The SMILES string of the molecule is Cc1ccc(OC[C@H](O)C(=O)Nc2ccc(Br)c(F)c2)cc1. The third kappa shape index (κ3) is 4.54. The number of carbonyl (C=O) groups is 1. The molecule has 0 fully saturated rings. The molecule has 0 radical (unpaired) electrons. The van der Waals surface area contributed by atoms with Gasteiger partial charge in [0.1, 0.15) is 18.2 Å². The van der Waals surface area contributed by atoms with E-state index in [1.165, 1.54) is 12.1 Å². The summed E-state index contributed by atoms with van der Waals surface area (Å²) in [6.45, 7) is 1.76. The van der Waals surface area contributed by atoms with E-state index in [9.17, 15) is 14.3 Å². The maximum atomic E-state index is 13.3. The molecular weight excluding hydrogens is 353 g/mol. The molecule has 0 saturated heterocycles. The number of benzene rings is 2. The Morgan fingerprint density at radius 1 is 1.32 bits per heavy atom. The molecule has 2 aromatic rings. The van der Waals surface area contributed by atoms with E-state index in [0.717, 1.165) is 11.6 Å². The van der Waals surface area contributed by atoms with Gasteiger partial charge in [0.15, 0.2) is 6.10 Å². The van der Waals surface area contributed by atoms with Gasteiger partial charge in [-0.05, 0) is 53.2 Å². The van der Waals surface area contributed by atoms with Crippen LogP contribution < -0.4 is 10.1 Å². The Kier molecular flexibility index (Phi) is 5.51. The molecule has 2 aromatic carbocycles. The lowest BCUT2D eigenvalue weighted by Crippen LogP contribution is -2.32. The molecule has 0 spiro atoms. The van der Waals surface area contributed by atoms with Gasteiger partial charge in [0.25, 0.3) is 5.91 Å². The molecule has 116 valence electrons. The summed E-state index contributed by atoms with van der Waals surface area (Å²) >= 11 is 3.02. The largest absolute Gasteiger partial charge is 0.490 e. The quantitative estimate of drug-likeness (QED) is 0.852. The van der Waals surface area contributed by atoms with Crippen molar-refractivity contribution in [1.29, 1.82) is 0 Å². The predicted octanol–water partition coefficient (Wildman–Crippen LogP) is 3.28.